The van der Waals surface area contributed by atoms with Crippen LogP contribution in [0.25, 0.3) is 0 Å². The number of carbonyl (C=O) groups is 1. The molecule has 1 aromatic rings. The lowest BCUT2D eigenvalue weighted by Gasteiger charge is -2.36. The maximum absolute atomic E-state index is 10.6. The highest BCUT2D eigenvalue weighted by molar-refractivity contribution is 9.10. The molecule has 1 aromatic carbocycles. The third-order valence-electron chi connectivity index (χ3n) is 2.69. The third-order valence-corrected chi connectivity index (χ3v) is 3.33. The Morgan fingerprint density at radius 2 is 2.27 bits per heavy atom. The van der Waals surface area contributed by atoms with Gasteiger partial charge in [-0.3, -0.25) is 0 Å². The van der Waals surface area contributed by atoms with Gasteiger partial charge < -0.3 is 14.6 Å². The molecule has 0 amide bonds. The SMILES string of the molecule is CN1CCN(CC=O)c2cccc(Br)c21. The maximum Gasteiger partial charge on any atom is 0.139 e. The molecule has 15 heavy (non-hydrogen) atoms. The van der Waals surface area contributed by atoms with Crippen LogP contribution in [0.1, 0.15) is 0 Å². The molecule has 0 unspecified atom stereocenters. The van der Waals surface area contributed by atoms with Crippen LogP contribution in [-0.4, -0.2) is 33.0 Å². The lowest BCUT2D eigenvalue weighted by Crippen LogP contribution is -2.40. The molecule has 0 radical (unpaired) electrons. The van der Waals surface area contributed by atoms with E-state index in [2.05, 4.69) is 38.8 Å². The summed E-state index contributed by atoms with van der Waals surface area (Å²) in [7, 11) is 2.07. The van der Waals surface area contributed by atoms with Gasteiger partial charge >= 0.3 is 0 Å². The summed E-state index contributed by atoms with van der Waals surface area (Å²) in [5.74, 6) is 0. The van der Waals surface area contributed by atoms with E-state index in [0.717, 1.165) is 29.5 Å². The predicted molar refractivity (Wildman–Crippen MR) is 65.7 cm³/mol. The molecular formula is C11H13BrN2O. The van der Waals surface area contributed by atoms with Gasteiger partial charge in [0.2, 0.25) is 0 Å². The van der Waals surface area contributed by atoms with Crippen molar-refractivity contribution >= 4 is 33.6 Å². The molecule has 0 aromatic heterocycles. The van der Waals surface area contributed by atoms with Gasteiger partial charge in [0.25, 0.3) is 0 Å². The van der Waals surface area contributed by atoms with Crippen LogP contribution in [0.5, 0.6) is 0 Å². The van der Waals surface area contributed by atoms with Crippen molar-refractivity contribution in [3.63, 3.8) is 0 Å². The van der Waals surface area contributed by atoms with Gasteiger partial charge in [0.15, 0.2) is 0 Å². The minimum Gasteiger partial charge on any atom is -0.370 e. The summed E-state index contributed by atoms with van der Waals surface area (Å²) < 4.78 is 1.08. The van der Waals surface area contributed by atoms with E-state index in [1.54, 1.807) is 0 Å². The summed E-state index contributed by atoms with van der Waals surface area (Å²) in [6, 6.07) is 6.08. The van der Waals surface area contributed by atoms with Gasteiger partial charge in [0.05, 0.1) is 17.9 Å². The molecule has 0 N–H and O–H groups in total. The fourth-order valence-corrected chi connectivity index (χ4v) is 2.58. The van der Waals surface area contributed by atoms with E-state index in [0.29, 0.717) is 6.54 Å². The summed E-state index contributed by atoms with van der Waals surface area (Å²) in [6.07, 6.45) is 0.954. The summed E-state index contributed by atoms with van der Waals surface area (Å²) >= 11 is 3.54. The highest BCUT2D eigenvalue weighted by atomic mass is 79.9. The van der Waals surface area contributed by atoms with E-state index in [-0.39, 0.29) is 0 Å². The minimum atomic E-state index is 0.470. The Balaban J connectivity index is 2.45. The minimum absolute atomic E-state index is 0.470. The maximum atomic E-state index is 10.6. The molecule has 4 heteroatoms. The first-order valence-corrected chi connectivity index (χ1v) is 5.71. The molecule has 2 rings (SSSR count). The number of halogens is 1. The number of para-hydroxylation sites is 1. The van der Waals surface area contributed by atoms with Crippen LogP contribution >= 0.6 is 15.9 Å². The number of fused-ring (bicyclic) bond motifs is 1. The normalized spacial score (nSPS) is 15.1. The van der Waals surface area contributed by atoms with Gasteiger partial charge in [0, 0.05) is 24.6 Å². The van der Waals surface area contributed by atoms with Crippen molar-refractivity contribution in [2.45, 2.75) is 0 Å². The number of carbonyl (C=O) groups excluding carboxylic acids is 1. The van der Waals surface area contributed by atoms with Crippen LogP contribution in [0.15, 0.2) is 22.7 Å². The van der Waals surface area contributed by atoms with Crippen LogP contribution < -0.4 is 9.80 Å². The van der Waals surface area contributed by atoms with Crippen LogP contribution in [0.3, 0.4) is 0 Å². The summed E-state index contributed by atoms with van der Waals surface area (Å²) in [5, 5.41) is 0. The van der Waals surface area contributed by atoms with Crippen LogP contribution in [0.2, 0.25) is 0 Å². The molecule has 3 nitrogen and oxygen atoms in total. The Morgan fingerprint density at radius 1 is 1.47 bits per heavy atom. The average molecular weight is 269 g/mol. The van der Waals surface area contributed by atoms with E-state index in [9.17, 15) is 4.79 Å². The van der Waals surface area contributed by atoms with Crippen LogP contribution in [0, 0.1) is 0 Å². The Hall–Kier alpha value is -1.03. The molecule has 0 fully saturated rings. The van der Waals surface area contributed by atoms with Gasteiger partial charge in [-0.2, -0.15) is 0 Å². The Kier molecular flexibility index (Phi) is 2.95. The number of aldehydes is 1. The molecule has 0 spiro atoms. The van der Waals surface area contributed by atoms with E-state index >= 15 is 0 Å². The average Bonchev–Trinajstić information content (AvgIpc) is 2.22. The number of hydrogen-bond donors (Lipinski definition) is 0. The summed E-state index contributed by atoms with van der Waals surface area (Å²) in [5.41, 5.74) is 2.30. The third kappa shape index (κ3) is 1.86. The zero-order chi connectivity index (χ0) is 10.8. The van der Waals surface area contributed by atoms with Crippen molar-refractivity contribution in [2.75, 3.05) is 36.5 Å². The second-order valence-corrected chi connectivity index (χ2v) is 4.50. The Labute approximate surface area is 97.8 Å². The quantitative estimate of drug-likeness (QED) is 0.766. The second kappa shape index (κ2) is 4.23. The van der Waals surface area contributed by atoms with Gasteiger partial charge in [-0.15, -0.1) is 0 Å². The smallest absolute Gasteiger partial charge is 0.139 e. The molecule has 0 aliphatic carbocycles. The van der Waals surface area contributed by atoms with E-state index < -0.39 is 0 Å². The topological polar surface area (TPSA) is 23.6 Å². The Bertz CT molecular complexity index is 381. The van der Waals surface area contributed by atoms with Gasteiger partial charge in [0.1, 0.15) is 6.29 Å². The van der Waals surface area contributed by atoms with E-state index in [1.807, 2.05) is 12.1 Å². The number of likely N-dealkylation sites (N-methyl/N-ethyl adjacent to an activating group) is 1. The zero-order valence-electron chi connectivity index (χ0n) is 8.61. The van der Waals surface area contributed by atoms with Crippen molar-refractivity contribution in [3.05, 3.63) is 22.7 Å². The number of hydrogen-bond acceptors (Lipinski definition) is 3. The fraction of sp³-hybridized carbons (Fsp3) is 0.364. The summed E-state index contributed by atoms with van der Waals surface area (Å²) in [4.78, 5) is 14.9. The number of rotatable bonds is 2. The molecule has 1 aliphatic rings. The molecule has 1 heterocycles. The standard InChI is InChI=1S/C11H13BrN2O/c1-13-5-6-14(7-8-15)10-4-2-3-9(12)11(10)13/h2-4,8H,5-7H2,1H3. The Morgan fingerprint density at radius 3 is 3.00 bits per heavy atom. The van der Waals surface area contributed by atoms with Crippen molar-refractivity contribution in [2.24, 2.45) is 0 Å². The van der Waals surface area contributed by atoms with Crippen molar-refractivity contribution < 1.29 is 4.79 Å². The molecule has 0 atom stereocenters. The molecule has 0 bridgehead atoms. The van der Waals surface area contributed by atoms with Crippen molar-refractivity contribution in [1.82, 2.24) is 0 Å². The molecule has 0 saturated heterocycles. The first-order valence-electron chi connectivity index (χ1n) is 4.92. The second-order valence-electron chi connectivity index (χ2n) is 3.64. The van der Waals surface area contributed by atoms with E-state index in [4.69, 9.17) is 0 Å². The van der Waals surface area contributed by atoms with Crippen molar-refractivity contribution in [3.8, 4) is 0 Å². The van der Waals surface area contributed by atoms with Crippen LogP contribution in [-0.2, 0) is 4.79 Å². The largest absolute Gasteiger partial charge is 0.370 e. The fourth-order valence-electron chi connectivity index (χ4n) is 1.92. The molecule has 0 saturated carbocycles. The number of nitrogens with zero attached hydrogens (tertiary/aromatic N) is 2. The van der Waals surface area contributed by atoms with Crippen molar-refractivity contribution in [1.29, 1.82) is 0 Å². The van der Waals surface area contributed by atoms with E-state index in [1.165, 1.54) is 5.69 Å². The van der Waals surface area contributed by atoms with Gasteiger partial charge in [-0.1, -0.05) is 6.07 Å². The molecule has 1 aliphatic heterocycles. The first kappa shape index (κ1) is 10.5. The zero-order valence-corrected chi connectivity index (χ0v) is 10.2. The molecule has 80 valence electrons. The number of benzene rings is 1. The highest BCUT2D eigenvalue weighted by Crippen LogP contribution is 2.37. The lowest BCUT2D eigenvalue weighted by molar-refractivity contribution is -0.106. The number of anilines is 2. The molecular weight excluding hydrogens is 256 g/mol. The first-order chi connectivity index (χ1) is 7.24. The summed E-state index contributed by atoms with van der Waals surface area (Å²) in [6.45, 7) is 2.32. The highest BCUT2D eigenvalue weighted by Gasteiger charge is 2.21. The predicted octanol–water partition coefficient (Wildman–Crippen LogP) is 1.90. The monoisotopic (exact) mass is 268 g/mol. The van der Waals surface area contributed by atoms with Crippen LogP contribution in [0.4, 0.5) is 11.4 Å². The van der Waals surface area contributed by atoms with Gasteiger partial charge in [-0.25, -0.2) is 0 Å². The van der Waals surface area contributed by atoms with Gasteiger partial charge in [-0.05, 0) is 28.1 Å². The lowest BCUT2D eigenvalue weighted by atomic mass is 10.2.